The van der Waals surface area contributed by atoms with Crippen LogP contribution < -0.4 is 41.8 Å². The second-order valence-corrected chi connectivity index (χ2v) is 21.0. The minimum Gasteiger partial charge on any atom is -0.495 e. The van der Waals surface area contributed by atoms with E-state index >= 15 is 0 Å². The lowest BCUT2D eigenvalue weighted by Crippen LogP contribution is -2.46. The number of anilines is 4. The molecule has 6 aromatic rings. The molecule has 2 fully saturated rings. The summed E-state index contributed by atoms with van der Waals surface area (Å²) in [5.74, 6) is 10.6. The molecular formula is C63H79F9N10O9. The van der Waals surface area contributed by atoms with E-state index in [-0.39, 0.29) is 74.9 Å². The Kier molecular flexibility index (Phi) is 28.1. The maximum Gasteiger partial charge on any atom is 0.406 e. The van der Waals surface area contributed by atoms with Crippen molar-refractivity contribution < 1.29 is 84.7 Å². The van der Waals surface area contributed by atoms with Gasteiger partial charge in [0.1, 0.15) is 36.9 Å². The van der Waals surface area contributed by atoms with Crippen LogP contribution in [0.4, 0.5) is 62.3 Å². The van der Waals surface area contributed by atoms with Gasteiger partial charge in [0.25, 0.3) is 5.91 Å². The number of aromatic carboxylic acids is 1. The van der Waals surface area contributed by atoms with E-state index in [1.807, 2.05) is 23.9 Å². The Bertz CT molecular complexity index is 3450. The van der Waals surface area contributed by atoms with Crippen LogP contribution >= 0.6 is 0 Å². The van der Waals surface area contributed by atoms with Gasteiger partial charge in [-0.2, -0.15) is 26.3 Å². The van der Waals surface area contributed by atoms with Gasteiger partial charge in [0.05, 0.1) is 113 Å². The minimum absolute atomic E-state index is 0.00694. The quantitative estimate of drug-likeness (QED) is 0.0244. The lowest BCUT2D eigenvalue weighted by Gasteiger charge is -2.33. The average Bonchev–Trinajstić information content (AvgIpc) is 1.65. The van der Waals surface area contributed by atoms with E-state index < -0.39 is 69.1 Å². The summed E-state index contributed by atoms with van der Waals surface area (Å²) in [6.45, 7) is -0.0171. The highest BCUT2D eigenvalue weighted by Gasteiger charge is 2.33. The molecule has 2 aliphatic rings. The van der Waals surface area contributed by atoms with E-state index in [1.165, 1.54) is 52.7 Å². The molecule has 2 saturated heterocycles. The Labute approximate surface area is 523 Å². The fraction of sp³-hybridized carbons (Fsp3) is 0.460. The number of piperidine rings is 2. The van der Waals surface area contributed by atoms with Crippen molar-refractivity contribution in [2.45, 2.75) is 74.9 Å². The Morgan fingerprint density at radius 3 is 1.46 bits per heavy atom. The number of aromatic nitrogens is 2. The predicted octanol–water partition coefficient (Wildman–Crippen LogP) is 8.23. The Hall–Kier alpha value is -8.09. The highest BCUT2D eigenvalue weighted by atomic mass is 19.4. The van der Waals surface area contributed by atoms with Crippen LogP contribution in [0.15, 0.2) is 84.9 Å². The molecule has 0 spiro atoms. The fourth-order valence-electron chi connectivity index (χ4n) is 9.84. The number of carboxylic acid groups (broad SMARTS) is 1. The monoisotopic (exact) mass is 1290 g/mol. The molecule has 6 atom stereocenters. The van der Waals surface area contributed by atoms with Crippen molar-refractivity contribution in [1.29, 1.82) is 0 Å². The van der Waals surface area contributed by atoms with E-state index in [0.717, 1.165) is 15.7 Å². The van der Waals surface area contributed by atoms with Crippen LogP contribution in [0.25, 0.3) is 21.8 Å². The lowest BCUT2D eigenvalue weighted by atomic mass is 10.0. The summed E-state index contributed by atoms with van der Waals surface area (Å²) >= 11 is 0. The topological polar surface area (TPSA) is 234 Å². The summed E-state index contributed by atoms with van der Waals surface area (Å²) in [4.78, 5) is 27.5. The average molecular weight is 1290 g/mol. The van der Waals surface area contributed by atoms with Crippen molar-refractivity contribution in [3.63, 3.8) is 0 Å². The van der Waals surface area contributed by atoms with Crippen LogP contribution in [0.3, 0.4) is 0 Å². The summed E-state index contributed by atoms with van der Waals surface area (Å²) in [7, 11) is 8.50. The van der Waals surface area contributed by atoms with Gasteiger partial charge in [0.2, 0.25) is 0 Å². The number of likely N-dealkylation sites (tertiary alicyclic amines) is 2. The Morgan fingerprint density at radius 1 is 0.670 bits per heavy atom. The SMILES string of the molecule is COC(CN)CO.COc1cc(C(=O)NCC(CO)OC)ccc1NCC#Cc1cc2c(N[C@@H]3CCN(C)C[C@@H]3F)cccc2n1CC(F)(F)F.COc1cc(C(=O)O)ccc1NCC#Cc1cc2c(N[C@@H]3CCN(C)C[C@@H]3F)cccc2n1CC(F)(F)F.[2H]CF. The van der Waals surface area contributed by atoms with Crippen molar-refractivity contribution >= 4 is 56.4 Å². The third kappa shape index (κ3) is 21.8. The van der Waals surface area contributed by atoms with Crippen LogP contribution in [0.2, 0.25) is 0 Å². The smallest absolute Gasteiger partial charge is 0.406 e. The van der Waals surface area contributed by atoms with Crippen LogP contribution in [0.5, 0.6) is 11.5 Å². The maximum absolute atomic E-state index is 14.7. The van der Waals surface area contributed by atoms with Gasteiger partial charge in [-0.3, -0.25) is 9.18 Å². The second kappa shape index (κ2) is 35.5. The number of halogens is 9. The van der Waals surface area contributed by atoms with E-state index in [9.17, 15) is 54.2 Å². The number of aliphatic hydroxyl groups excluding tert-OH is 2. The zero-order chi connectivity index (χ0) is 67.7. The number of hydrogen-bond acceptors (Lipinski definition) is 15. The number of carboxylic acids is 1. The molecule has 8 rings (SSSR count). The van der Waals surface area contributed by atoms with Gasteiger partial charge in [-0.25, -0.2) is 13.6 Å². The number of methoxy groups -OCH3 is 4. The van der Waals surface area contributed by atoms with Crippen molar-refractivity contribution in [2.24, 2.45) is 5.73 Å². The predicted molar refractivity (Wildman–Crippen MR) is 333 cm³/mol. The number of rotatable bonds is 21. The largest absolute Gasteiger partial charge is 0.495 e. The molecule has 498 valence electrons. The maximum atomic E-state index is 14.7. The van der Waals surface area contributed by atoms with Gasteiger partial charge in [-0.05, 0) is 112 Å². The van der Waals surface area contributed by atoms with Crippen molar-refractivity contribution in [3.8, 4) is 35.2 Å². The summed E-state index contributed by atoms with van der Waals surface area (Å²) in [5.41, 5.74) is 8.67. The standard InChI is InChI=1S/C31H37F4N5O4.C27H28F4N4O3.C4H11NO2.CH3F/c1-39-13-11-26(24(32)17-39)38-25-7-4-8-28-23(25)15-21(40(28)19-31(33,34)35)6-5-12-36-27-10-9-20(14-29(27)44-3)30(42)37-16-22(18-41)43-2;1-34-12-10-22(20(28)15-34)33-21-6-3-7-24-19(21)14-18(35(24)16-27(29,30)31)5-4-11-32-23-9-8-17(26(36)37)13-25(23)38-2;1-7-4(2-5)3-6;1-2/h4,7-10,14-15,22,24,26,36,38,41H,11-13,16-19H2,1-3H3,(H,37,42);3,6-9,13-14,20,22,32-33H,10-12,15-16H2,1-2H3,(H,36,37);4,6H,2-3,5H2,1H3;1H3/t22?,24-,26+;20-,22+;;/m00../s1/i;;;1D. The van der Waals surface area contributed by atoms with E-state index in [0.29, 0.717) is 87.5 Å². The molecule has 2 aromatic heterocycles. The molecule has 0 saturated carbocycles. The van der Waals surface area contributed by atoms with Crippen LogP contribution in [-0.2, 0) is 22.6 Å². The Balaban J connectivity index is 0.000000293. The third-order valence-corrected chi connectivity index (χ3v) is 14.6. The first-order valence-corrected chi connectivity index (χ1v) is 28.6. The molecule has 19 nitrogen and oxygen atoms in total. The second-order valence-electron chi connectivity index (χ2n) is 21.0. The lowest BCUT2D eigenvalue weighted by molar-refractivity contribution is -0.140. The van der Waals surface area contributed by atoms with Gasteiger partial charge < -0.3 is 85.5 Å². The summed E-state index contributed by atoms with van der Waals surface area (Å²) in [6.07, 6.45) is -10.7. The molecule has 0 radical (unpaired) electrons. The van der Waals surface area contributed by atoms with Crippen LogP contribution in [-0.4, -0.2) is 210 Å². The number of carbonyl (C=O) groups excluding carboxylic acids is 1. The number of benzene rings is 4. The molecule has 0 aliphatic carbocycles. The molecule has 0 bridgehead atoms. The molecule has 2 aliphatic heterocycles. The van der Waals surface area contributed by atoms with E-state index in [1.54, 1.807) is 60.7 Å². The number of nitrogens with one attached hydrogen (secondary N) is 5. The highest BCUT2D eigenvalue weighted by molar-refractivity contribution is 5.96. The summed E-state index contributed by atoms with van der Waals surface area (Å²) in [6, 6.07) is 21.3. The Morgan fingerprint density at radius 2 is 1.10 bits per heavy atom. The number of aliphatic hydroxyl groups is 2. The first-order chi connectivity index (χ1) is 43.8. The molecule has 10 N–H and O–H groups in total. The third-order valence-electron chi connectivity index (χ3n) is 14.6. The fourth-order valence-corrected chi connectivity index (χ4v) is 9.84. The number of alkyl halides is 9. The normalized spacial score (nSPS) is 17.5. The molecular weight excluding hydrogens is 1210 g/mol. The number of hydrogen-bond donors (Lipinski definition) is 9. The molecule has 2 unspecified atom stereocenters. The van der Waals surface area contributed by atoms with E-state index in [2.05, 4.69) is 55.0 Å². The van der Waals surface area contributed by atoms with Crippen LogP contribution in [0, 0.1) is 23.7 Å². The first-order valence-electron chi connectivity index (χ1n) is 29.3. The highest BCUT2D eigenvalue weighted by Crippen LogP contribution is 2.34. The van der Waals surface area contributed by atoms with Gasteiger partial charge in [0.15, 0.2) is 0 Å². The van der Waals surface area contributed by atoms with Gasteiger partial charge in [-0.1, -0.05) is 24.0 Å². The zero-order valence-electron chi connectivity index (χ0n) is 52.2. The van der Waals surface area contributed by atoms with Crippen molar-refractivity contribution in [1.82, 2.24) is 24.3 Å². The number of amides is 1. The molecule has 1 amide bonds. The number of nitrogens with two attached hydrogens (primary N) is 1. The van der Waals surface area contributed by atoms with Gasteiger partial charge in [0, 0.05) is 81.2 Å². The van der Waals surface area contributed by atoms with Crippen LogP contribution in [0.1, 0.15) is 46.3 Å². The van der Waals surface area contributed by atoms with E-state index in [4.69, 9.17) is 31.5 Å². The number of nitrogens with zero attached hydrogens (tertiary/aromatic N) is 4. The molecule has 4 aromatic carbocycles. The molecule has 91 heavy (non-hydrogen) atoms. The molecule has 4 heterocycles. The molecule has 28 heteroatoms. The number of carbonyl (C=O) groups is 2. The number of fused-ring (bicyclic) bond motifs is 2. The van der Waals surface area contributed by atoms with Gasteiger partial charge >= 0.3 is 18.3 Å². The minimum atomic E-state index is -4.48. The van der Waals surface area contributed by atoms with Crippen molar-refractivity contribution in [2.75, 3.05) is 137 Å². The summed E-state index contributed by atoms with van der Waals surface area (Å²) < 4.78 is 149. The van der Waals surface area contributed by atoms with Crippen molar-refractivity contribution in [3.05, 3.63) is 107 Å². The zero-order valence-corrected chi connectivity index (χ0v) is 51.2. The van der Waals surface area contributed by atoms with Gasteiger partial charge in [-0.15, -0.1) is 0 Å². The first kappa shape index (κ1) is 72.0. The summed E-state index contributed by atoms with van der Waals surface area (Å²) in [5, 5.41) is 42.9. The number of ether oxygens (including phenoxy) is 4.